The molecule has 8 unspecified atom stereocenters. The zero-order valence-electron chi connectivity index (χ0n) is 75.5. The van der Waals surface area contributed by atoms with Crippen molar-refractivity contribution in [3.8, 4) is 23.9 Å². The Balaban J connectivity index is 2.06. The summed E-state index contributed by atoms with van der Waals surface area (Å²) in [4.78, 5) is 99.4. The van der Waals surface area contributed by atoms with Gasteiger partial charge < -0.3 is 29.8 Å². The van der Waals surface area contributed by atoms with E-state index in [1.165, 1.54) is 13.8 Å². The number of amides is 4. The van der Waals surface area contributed by atoms with E-state index in [2.05, 4.69) is 121 Å². The average Bonchev–Trinajstić information content (AvgIpc) is 0.774. The highest BCUT2D eigenvalue weighted by Crippen LogP contribution is 2.38. The van der Waals surface area contributed by atoms with Gasteiger partial charge >= 0.3 is 0 Å². The largest absolute Gasteiger partial charge is 0.493 e. The molecule has 0 fully saturated rings. The van der Waals surface area contributed by atoms with E-state index < -0.39 is 47.1 Å². The maximum atomic E-state index is 15.6. The number of nitriles is 2. The minimum atomic E-state index is -0.934. The first-order valence-electron chi connectivity index (χ1n) is 45.9. The molecule has 20 heteroatoms. The number of nitrogens with zero attached hydrogens (tertiary/aromatic N) is 12. The second-order valence-corrected chi connectivity index (χ2v) is 33.6. The third-order valence-electron chi connectivity index (χ3n) is 24.8. The van der Waals surface area contributed by atoms with E-state index in [0.29, 0.717) is 52.4 Å². The SMILES string of the molecule is CCCCC(CC)CN(CC(CC)CCCC)C(=O)c1cc(/N=N/c2c(C)c(C#N)c(=O)n(CCn3c(O)c(/N=N/c4cc(C(=O)N(CC(CC)CCCC)CC(CC)CCCC)cc(C(=O)N(CC(CC)CCCC)CC(CC)CCCC)c4)c(C)c(C#N)c3=O)c2O)cc(C(=O)N(CC(CC)CCCC)CC(CC)CCCC)c1. The molecule has 116 heavy (non-hydrogen) atoms. The van der Waals surface area contributed by atoms with Crippen molar-refractivity contribution in [3.63, 3.8) is 0 Å². The minimum absolute atomic E-state index is 0.00834. The molecule has 4 aromatic rings. The van der Waals surface area contributed by atoms with Gasteiger partial charge in [0, 0.05) is 98.8 Å². The molecule has 2 aromatic heterocycles. The average molecular weight is 1600 g/mol. The highest BCUT2D eigenvalue weighted by molar-refractivity contribution is 6.02. The van der Waals surface area contributed by atoms with Gasteiger partial charge in [0.05, 0.1) is 11.4 Å². The first-order valence-corrected chi connectivity index (χ1v) is 45.9. The van der Waals surface area contributed by atoms with E-state index in [9.17, 15) is 30.3 Å². The van der Waals surface area contributed by atoms with Crippen LogP contribution in [0.25, 0.3) is 0 Å². The molecule has 8 atom stereocenters. The van der Waals surface area contributed by atoms with Crippen LogP contribution in [0.3, 0.4) is 0 Å². The monoisotopic (exact) mass is 1600 g/mol. The standard InChI is InChI=1S/C96H154N12O8/c1-19-35-43-71(27-9)61-103(62-72(28-10)44-36-20-2)89(109)79-53-80(90(110)104(63-73(29-11)45-37-21-3)64-74(30-12)46-38-22-4)56-83(55-79)99-101-87-69(17)85(59-97)93(113)107(95(87)115)51-52-108-94(114)86(60-98)70(18)88(96(108)116)102-100-84-57-81(91(111)105(65-75(31-13)47-39-23-5)66-76(32-14)48-40-24-6)54-82(58-84)92(112)106(67-77(33-15)49-41-25-7)68-78(34-16)50-42-26-8/h53-58,71-78,115-116H,19-52,61-68H2,1-18H3/b101-99+,102-100+. The van der Waals surface area contributed by atoms with E-state index >= 15 is 19.2 Å². The second kappa shape index (κ2) is 54.9. The summed E-state index contributed by atoms with van der Waals surface area (Å²) in [5, 5.41) is 64.9. The molecule has 20 nitrogen and oxygen atoms in total. The van der Waals surface area contributed by atoms with Crippen molar-refractivity contribution in [2.45, 2.75) is 343 Å². The molecule has 0 bridgehead atoms. The summed E-state index contributed by atoms with van der Waals surface area (Å²) >= 11 is 0. The van der Waals surface area contributed by atoms with E-state index in [-0.39, 0.29) is 127 Å². The molecule has 0 radical (unpaired) electrons. The van der Waals surface area contributed by atoms with E-state index in [1.54, 1.807) is 36.4 Å². The third kappa shape index (κ3) is 30.7. The number of pyridine rings is 2. The van der Waals surface area contributed by atoms with Crippen molar-refractivity contribution in [1.29, 1.82) is 10.5 Å². The van der Waals surface area contributed by atoms with Crippen LogP contribution in [-0.4, -0.2) is 115 Å². The van der Waals surface area contributed by atoms with E-state index in [4.69, 9.17) is 10.2 Å². The Morgan fingerprint density at radius 1 is 0.336 bits per heavy atom. The Labute approximate surface area is 700 Å². The number of rotatable bonds is 59. The lowest BCUT2D eigenvalue weighted by Gasteiger charge is -2.32. The van der Waals surface area contributed by atoms with E-state index in [0.717, 1.165) is 215 Å². The molecule has 4 rings (SSSR count). The normalized spacial score (nSPS) is 13.8. The van der Waals surface area contributed by atoms with E-state index in [1.807, 2.05) is 31.7 Å². The first kappa shape index (κ1) is 100. The Hall–Kier alpha value is -8.00. The maximum Gasteiger partial charge on any atom is 0.271 e. The van der Waals surface area contributed by atoms with Crippen LogP contribution in [0.5, 0.6) is 11.8 Å². The van der Waals surface area contributed by atoms with Crippen LogP contribution in [0, 0.1) is 83.9 Å². The van der Waals surface area contributed by atoms with Gasteiger partial charge in [-0.1, -0.05) is 265 Å². The molecule has 2 N–H and O–H groups in total. The van der Waals surface area contributed by atoms with Crippen molar-refractivity contribution in [3.05, 3.63) is 102 Å². The van der Waals surface area contributed by atoms with Crippen LogP contribution < -0.4 is 11.1 Å². The number of benzene rings is 2. The Morgan fingerprint density at radius 2 is 0.526 bits per heavy atom. The molecule has 0 aliphatic rings. The summed E-state index contributed by atoms with van der Waals surface area (Å²) in [6.07, 6.45) is 31.4. The summed E-state index contributed by atoms with van der Waals surface area (Å²) in [7, 11) is 0. The van der Waals surface area contributed by atoms with Gasteiger partial charge in [0.1, 0.15) is 23.3 Å². The quantitative estimate of drug-likeness (QED) is 0.0395. The zero-order valence-corrected chi connectivity index (χ0v) is 75.5. The van der Waals surface area contributed by atoms with Gasteiger partial charge in [-0.2, -0.15) is 20.8 Å². The number of aromatic nitrogens is 2. The lowest BCUT2D eigenvalue weighted by atomic mass is 9.94. The number of hydrogen-bond donors (Lipinski definition) is 2. The maximum absolute atomic E-state index is 15.6. The number of carbonyl (C=O) groups excluding carboxylic acids is 4. The van der Waals surface area contributed by atoms with Gasteiger partial charge in [-0.15, -0.1) is 10.2 Å². The lowest BCUT2D eigenvalue weighted by molar-refractivity contribution is 0.0669. The number of unbranched alkanes of at least 4 members (excludes halogenated alkanes) is 8. The molecule has 4 amide bonds. The van der Waals surface area contributed by atoms with Gasteiger partial charge in [-0.25, -0.2) is 0 Å². The van der Waals surface area contributed by atoms with Crippen LogP contribution in [0.1, 0.15) is 380 Å². The van der Waals surface area contributed by atoms with Crippen molar-refractivity contribution in [1.82, 2.24) is 28.7 Å². The Morgan fingerprint density at radius 3 is 0.690 bits per heavy atom. The second-order valence-electron chi connectivity index (χ2n) is 33.6. The Kier molecular flexibility index (Phi) is 47.5. The van der Waals surface area contributed by atoms with Gasteiger partial charge in [-0.3, -0.25) is 37.9 Å². The van der Waals surface area contributed by atoms with Crippen LogP contribution in [-0.2, 0) is 13.1 Å². The fraction of sp³-hybridized carbons (Fsp3) is 0.708. The third-order valence-corrected chi connectivity index (χ3v) is 24.8. The highest BCUT2D eigenvalue weighted by atomic mass is 16.3. The Bertz CT molecular complexity index is 3460. The number of carbonyl (C=O) groups is 4. The topological polar surface area (TPSA) is 263 Å². The summed E-state index contributed by atoms with van der Waals surface area (Å²) in [6.45, 7) is 41.0. The summed E-state index contributed by atoms with van der Waals surface area (Å²) in [5.74, 6) is -0.370. The molecule has 0 aliphatic heterocycles. The predicted octanol–water partition coefficient (Wildman–Crippen LogP) is 24.8. The molecule has 0 aliphatic carbocycles. The van der Waals surface area contributed by atoms with Crippen LogP contribution in [0.15, 0.2) is 66.4 Å². The van der Waals surface area contributed by atoms with Crippen molar-refractivity contribution in [2.24, 2.45) is 67.8 Å². The van der Waals surface area contributed by atoms with Crippen molar-refractivity contribution < 1.29 is 29.4 Å². The predicted molar refractivity (Wildman–Crippen MR) is 475 cm³/mol. The number of azo groups is 2. The molecule has 646 valence electrons. The molecule has 2 heterocycles. The van der Waals surface area contributed by atoms with Gasteiger partial charge in [0.15, 0.2) is 11.4 Å². The number of aromatic hydroxyl groups is 2. The lowest BCUT2D eigenvalue weighted by Crippen LogP contribution is -2.40. The molecular formula is C96H154N12O8. The van der Waals surface area contributed by atoms with Gasteiger partial charge in [0.25, 0.3) is 34.7 Å². The summed E-state index contributed by atoms with van der Waals surface area (Å²) in [5.41, 5.74) is -1.90. The fourth-order valence-electron chi connectivity index (χ4n) is 16.3. The highest BCUT2D eigenvalue weighted by Gasteiger charge is 2.32. The molecule has 0 saturated carbocycles. The smallest absolute Gasteiger partial charge is 0.271 e. The van der Waals surface area contributed by atoms with Gasteiger partial charge in [-0.05, 0) is 149 Å². The minimum Gasteiger partial charge on any atom is -0.493 e. The molecule has 2 aromatic carbocycles. The molecular weight excluding hydrogens is 1450 g/mol. The van der Waals surface area contributed by atoms with Crippen molar-refractivity contribution in [2.75, 3.05) is 52.4 Å². The van der Waals surface area contributed by atoms with Crippen molar-refractivity contribution >= 4 is 46.4 Å². The van der Waals surface area contributed by atoms with Crippen LogP contribution in [0.2, 0.25) is 0 Å². The zero-order chi connectivity index (χ0) is 85.8. The van der Waals surface area contributed by atoms with Gasteiger partial charge in [0.2, 0.25) is 11.8 Å². The van der Waals surface area contributed by atoms with Crippen LogP contribution in [0.4, 0.5) is 22.7 Å². The first-order chi connectivity index (χ1) is 55.9. The van der Waals surface area contributed by atoms with Crippen LogP contribution >= 0.6 is 0 Å². The molecule has 0 saturated heterocycles. The molecule has 0 spiro atoms. The summed E-state index contributed by atoms with van der Waals surface area (Å²) in [6, 6.07) is 13.9. The fourth-order valence-corrected chi connectivity index (χ4v) is 16.3. The number of hydrogen-bond acceptors (Lipinski definition) is 14. The summed E-state index contributed by atoms with van der Waals surface area (Å²) < 4.78 is 1.71.